The van der Waals surface area contributed by atoms with Gasteiger partial charge in [-0.05, 0) is 43.7 Å². The van der Waals surface area contributed by atoms with Gasteiger partial charge in [-0.3, -0.25) is 14.9 Å². The molecular weight excluding hydrogens is 358 g/mol. The molecule has 2 aliphatic rings. The lowest BCUT2D eigenvalue weighted by Crippen LogP contribution is -2.61. The first-order valence-electron chi connectivity index (χ1n) is 9.04. The molecule has 144 valence electrons. The summed E-state index contributed by atoms with van der Waals surface area (Å²) in [4.78, 5) is 24.9. The second-order valence-electron chi connectivity index (χ2n) is 7.51. The lowest BCUT2D eigenvalue weighted by Gasteiger charge is -2.46. The Labute approximate surface area is 162 Å². The Balaban J connectivity index is 1.86. The Hall–Kier alpha value is -3.35. The fourth-order valence-corrected chi connectivity index (χ4v) is 4.13. The quantitative estimate of drug-likeness (QED) is 0.654. The van der Waals surface area contributed by atoms with Crippen LogP contribution in [0, 0.1) is 10.1 Å². The average Bonchev–Trinajstić information content (AvgIpc) is 2.86. The number of amides is 1. The lowest BCUT2D eigenvalue weighted by molar-refractivity contribution is -0.384. The number of rotatable bonds is 3. The number of ether oxygens (including phenoxy) is 1. The molecule has 0 fully saturated rings. The number of hydrogen-bond donors (Lipinski definition) is 1. The zero-order chi connectivity index (χ0) is 20.1. The topological polar surface area (TPSA) is 84.7 Å². The number of non-ortho nitro benzene ring substituents is 1. The van der Waals surface area contributed by atoms with E-state index in [-0.39, 0.29) is 18.1 Å². The normalized spacial score (nSPS) is 21.0. The van der Waals surface area contributed by atoms with Gasteiger partial charge in [0.05, 0.1) is 10.3 Å². The number of likely N-dealkylation sites (N-methyl/N-ethyl adjacent to an activating group) is 1. The molecule has 1 spiro atoms. The first kappa shape index (κ1) is 18.0. The number of hydrogen-bond acceptors (Lipinski definition) is 5. The van der Waals surface area contributed by atoms with Crippen LogP contribution in [-0.4, -0.2) is 30.1 Å². The zero-order valence-corrected chi connectivity index (χ0v) is 15.9. The SMILES string of the molecule is CNC(=O)CN1c2ccccc2C(C)(C)[C@@]12C=Cc1cc([N+](=O)[O-])ccc1O2. The third kappa shape index (κ3) is 2.39. The number of anilines is 1. The third-order valence-electron chi connectivity index (χ3n) is 5.70. The molecule has 2 aliphatic heterocycles. The van der Waals surface area contributed by atoms with Gasteiger partial charge in [-0.25, -0.2) is 0 Å². The highest BCUT2D eigenvalue weighted by atomic mass is 16.6. The molecule has 4 rings (SSSR count). The molecule has 0 aliphatic carbocycles. The van der Waals surface area contributed by atoms with Crippen molar-refractivity contribution in [3.8, 4) is 5.75 Å². The summed E-state index contributed by atoms with van der Waals surface area (Å²) in [5, 5.41) is 13.8. The van der Waals surface area contributed by atoms with E-state index in [0.717, 1.165) is 11.3 Å². The van der Waals surface area contributed by atoms with Crippen molar-refractivity contribution in [3.63, 3.8) is 0 Å². The van der Waals surface area contributed by atoms with E-state index in [1.807, 2.05) is 41.3 Å². The van der Waals surface area contributed by atoms with Gasteiger partial charge < -0.3 is 15.0 Å². The Morgan fingerprint density at radius 1 is 1.25 bits per heavy atom. The first-order valence-corrected chi connectivity index (χ1v) is 9.04. The maximum atomic E-state index is 12.3. The van der Waals surface area contributed by atoms with Crippen LogP contribution in [0.2, 0.25) is 0 Å². The van der Waals surface area contributed by atoms with Crippen LogP contribution >= 0.6 is 0 Å². The maximum Gasteiger partial charge on any atom is 0.270 e. The molecule has 2 heterocycles. The second kappa shape index (κ2) is 6.09. The molecule has 7 nitrogen and oxygen atoms in total. The summed E-state index contributed by atoms with van der Waals surface area (Å²) in [5.41, 5.74) is 1.28. The molecule has 0 unspecified atom stereocenters. The predicted octanol–water partition coefficient (Wildman–Crippen LogP) is 3.24. The summed E-state index contributed by atoms with van der Waals surface area (Å²) in [6, 6.07) is 12.5. The number of fused-ring (bicyclic) bond motifs is 2. The van der Waals surface area contributed by atoms with Crippen molar-refractivity contribution in [2.75, 3.05) is 18.5 Å². The molecule has 2 aromatic rings. The van der Waals surface area contributed by atoms with E-state index < -0.39 is 16.1 Å². The van der Waals surface area contributed by atoms with E-state index in [4.69, 9.17) is 4.74 Å². The summed E-state index contributed by atoms with van der Waals surface area (Å²) in [7, 11) is 1.61. The van der Waals surface area contributed by atoms with Gasteiger partial charge in [-0.15, -0.1) is 0 Å². The van der Waals surface area contributed by atoms with Crippen molar-refractivity contribution in [1.82, 2.24) is 5.32 Å². The average molecular weight is 379 g/mol. The monoisotopic (exact) mass is 379 g/mol. The van der Waals surface area contributed by atoms with Gasteiger partial charge in [0.1, 0.15) is 12.3 Å². The number of nitrogens with one attached hydrogen (secondary N) is 1. The minimum absolute atomic E-state index is 0.0131. The molecule has 7 heteroatoms. The van der Waals surface area contributed by atoms with Crippen molar-refractivity contribution < 1.29 is 14.5 Å². The highest BCUT2D eigenvalue weighted by molar-refractivity contribution is 5.84. The molecule has 0 saturated carbocycles. The van der Waals surface area contributed by atoms with Gasteiger partial charge in [-0.2, -0.15) is 0 Å². The molecule has 28 heavy (non-hydrogen) atoms. The van der Waals surface area contributed by atoms with Crippen molar-refractivity contribution in [2.24, 2.45) is 0 Å². The van der Waals surface area contributed by atoms with Crippen LogP contribution in [0.15, 0.2) is 48.5 Å². The molecule has 1 N–H and O–H groups in total. The number of para-hydroxylation sites is 1. The fraction of sp³-hybridized carbons (Fsp3) is 0.286. The molecule has 0 radical (unpaired) electrons. The fourth-order valence-electron chi connectivity index (χ4n) is 4.13. The van der Waals surface area contributed by atoms with E-state index in [0.29, 0.717) is 11.3 Å². The Kier molecular flexibility index (Phi) is 3.92. The van der Waals surface area contributed by atoms with Crippen LogP contribution in [0.3, 0.4) is 0 Å². The van der Waals surface area contributed by atoms with Crippen LogP contribution in [0.25, 0.3) is 6.08 Å². The van der Waals surface area contributed by atoms with Gasteiger partial charge >= 0.3 is 0 Å². The predicted molar refractivity (Wildman–Crippen MR) is 106 cm³/mol. The standard InChI is InChI=1S/C21H21N3O4/c1-20(2)16-6-4-5-7-17(16)23(13-19(25)22-3)21(20)11-10-14-12-15(24(26)27)8-9-18(14)28-21/h4-12H,13H2,1-3H3,(H,22,25)/t21-/m0/s1. The lowest BCUT2D eigenvalue weighted by atomic mass is 9.76. The van der Waals surface area contributed by atoms with Crippen molar-refractivity contribution in [2.45, 2.75) is 25.0 Å². The number of benzene rings is 2. The molecule has 0 aromatic heterocycles. The van der Waals surface area contributed by atoms with Crippen molar-refractivity contribution >= 4 is 23.4 Å². The Morgan fingerprint density at radius 3 is 2.71 bits per heavy atom. The van der Waals surface area contributed by atoms with Gasteiger partial charge in [0.25, 0.3) is 5.69 Å². The molecule has 2 aromatic carbocycles. The zero-order valence-electron chi connectivity index (χ0n) is 15.9. The number of nitro groups is 1. The van der Waals surface area contributed by atoms with E-state index >= 15 is 0 Å². The number of nitrogens with zero attached hydrogens (tertiary/aromatic N) is 2. The third-order valence-corrected chi connectivity index (χ3v) is 5.70. The van der Waals surface area contributed by atoms with Gasteiger partial charge in [0.2, 0.25) is 11.6 Å². The van der Waals surface area contributed by atoms with E-state index in [1.165, 1.54) is 12.1 Å². The van der Waals surface area contributed by atoms with Crippen molar-refractivity contribution in [1.29, 1.82) is 0 Å². The molecule has 1 amide bonds. The summed E-state index contributed by atoms with van der Waals surface area (Å²) < 4.78 is 6.51. The minimum Gasteiger partial charge on any atom is -0.463 e. The van der Waals surface area contributed by atoms with Gasteiger partial charge in [0.15, 0.2) is 0 Å². The van der Waals surface area contributed by atoms with Gasteiger partial charge in [-0.1, -0.05) is 18.2 Å². The number of carbonyl (C=O) groups excluding carboxylic acids is 1. The molecular formula is C21H21N3O4. The number of carbonyl (C=O) groups is 1. The molecule has 1 atom stereocenters. The van der Waals surface area contributed by atoms with E-state index in [9.17, 15) is 14.9 Å². The first-order chi connectivity index (χ1) is 13.3. The molecule has 0 saturated heterocycles. The Morgan fingerprint density at radius 2 is 2.00 bits per heavy atom. The Bertz CT molecular complexity index is 1010. The highest BCUT2D eigenvalue weighted by Crippen LogP contribution is 2.54. The smallest absolute Gasteiger partial charge is 0.270 e. The highest BCUT2D eigenvalue weighted by Gasteiger charge is 2.59. The largest absolute Gasteiger partial charge is 0.463 e. The minimum atomic E-state index is -0.924. The van der Waals surface area contributed by atoms with Gasteiger partial charge in [0, 0.05) is 30.4 Å². The van der Waals surface area contributed by atoms with E-state index in [1.54, 1.807) is 13.1 Å². The van der Waals surface area contributed by atoms with Crippen molar-refractivity contribution in [3.05, 3.63) is 69.8 Å². The summed E-state index contributed by atoms with van der Waals surface area (Å²) >= 11 is 0. The summed E-state index contributed by atoms with van der Waals surface area (Å²) in [6.07, 6.45) is 3.75. The van der Waals surface area contributed by atoms with Crippen LogP contribution < -0.4 is 15.0 Å². The summed E-state index contributed by atoms with van der Waals surface area (Å²) in [5.74, 6) is 0.425. The van der Waals surface area contributed by atoms with Crippen LogP contribution in [0.4, 0.5) is 11.4 Å². The van der Waals surface area contributed by atoms with Crippen LogP contribution in [0.1, 0.15) is 25.0 Å². The van der Waals surface area contributed by atoms with E-state index in [2.05, 4.69) is 19.2 Å². The second-order valence-corrected chi connectivity index (χ2v) is 7.51. The summed E-state index contributed by atoms with van der Waals surface area (Å²) in [6.45, 7) is 4.29. The van der Waals surface area contributed by atoms with Crippen LogP contribution in [-0.2, 0) is 10.2 Å². The molecule has 0 bridgehead atoms. The maximum absolute atomic E-state index is 12.3. The van der Waals surface area contributed by atoms with Crippen LogP contribution in [0.5, 0.6) is 5.75 Å². The number of nitro benzene ring substituents is 1.